The van der Waals surface area contributed by atoms with Crippen LogP contribution in [0.1, 0.15) is 32.8 Å². The molecule has 2 N–H and O–H groups in total. The third-order valence-electron chi connectivity index (χ3n) is 4.86. The number of sulfonamides is 1. The lowest BCUT2D eigenvalue weighted by Crippen LogP contribution is -2.26. The van der Waals surface area contributed by atoms with E-state index in [9.17, 15) is 13.2 Å². The number of hydrogen-bond acceptors (Lipinski definition) is 5. The van der Waals surface area contributed by atoms with Gasteiger partial charge in [0.25, 0.3) is 15.9 Å². The molecule has 6 nitrogen and oxygen atoms in total. The van der Waals surface area contributed by atoms with Gasteiger partial charge in [0.2, 0.25) is 0 Å². The number of furan rings is 1. The van der Waals surface area contributed by atoms with Crippen molar-refractivity contribution >= 4 is 33.4 Å². The maximum absolute atomic E-state index is 13.0. The fourth-order valence-corrected chi connectivity index (χ4v) is 5.03. The Morgan fingerprint density at radius 3 is 2.48 bits per heavy atom. The van der Waals surface area contributed by atoms with Crippen molar-refractivity contribution in [3.05, 3.63) is 82.8 Å². The van der Waals surface area contributed by atoms with Gasteiger partial charge in [-0.2, -0.15) is 11.8 Å². The van der Waals surface area contributed by atoms with Crippen LogP contribution in [0.25, 0.3) is 0 Å². The minimum absolute atomic E-state index is 0.0885. The highest BCUT2D eigenvalue weighted by molar-refractivity contribution is 7.98. The SMILES string of the molecule is Cc1ccc(NS(=O)(=O)c2cc(C(=O)NCCSCc3ccco3)ccc2C)cc1C. The quantitative estimate of drug-likeness (QED) is 0.455. The molecular formula is C23H26N2O4S2. The molecule has 0 spiro atoms. The van der Waals surface area contributed by atoms with E-state index < -0.39 is 10.0 Å². The van der Waals surface area contributed by atoms with Crippen LogP contribution in [0.3, 0.4) is 0 Å². The van der Waals surface area contributed by atoms with Gasteiger partial charge < -0.3 is 9.73 Å². The minimum Gasteiger partial charge on any atom is -0.468 e. The van der Waals surface area contributed by atoms with Gasteiger partial charge in [-0.05, 0) is 73.9 Å². The van der Waals surface area contributed by atoms with Crippen LogP contribution in [-0.2, 0) is 15.8 Å². The van der Waals surface area contributed by atoms with Crippen LogP contribution in [0.5, 0.6) is 0 Å². The van der Waals surface area contributed by atoms with Crippen LogP contribution >= 0.6 is 11.8 Å². The molecule has 0 aliphatic rings. The number of rotatable bonds is 9. The van der Waals surface area contributed by atoms with E-state index in [1.165, 1.54) is 6.07 Å². The van der Waals surface area contributed by atoms with Gasteiger partial charge in [0.15, 0.2) is 0 Å². The summed E-state index contributed by atoms with van der Waals surface area (Å²) in [4.78, 5) is 12.6. The molecule has 1 amide bonds. The Labute approximate surface area is 187 Å². The molecule has 0 bridgehead atoms. The summed E-state index contributed by atoms with van der Waals surface area (Å²) in [6.07, 6.45) is 1.63. The third kappa shape index (κ3) is 6.15. The van der Waals surface area contributed by atoms with Gasteiger partial charge in [-0.1, -0.05) is 12.1 Å². The molecule has 8 heteroatoms. The zero-order valence-corrected chi connectivity index (χ0v) is 19.4. The standard InChI is InChI=1S/C23H26N2O4S2/c1-16-7-9-20(13-18(16)3)25-31(27,28)22-14-19(8-6-17(22)2)23(26)24-10-12-30-15-21-5-4-11-29-21/h4-9,11,13-14,25H,10,12,15H2,1-3H3,(H,24,26). The van der Waals surface area contributed by atoms with Gasteiger partial charge >= 0.3 is 0 Å². The van der Waals surface area contributed by atoms with Crippen molar-refractivity contribution in [2.24, 2.45) is 0 Å². The number of anilines is 1. The van der Waals surface area contributed by atoms with Gasteiger partial charge in [0, 0.05) is 23.5 Å². The van der Waals surface area contributed by atoms with E-state index in [1.807, 2.05) is 32.0 Å². The topological polar surface area (TPSA) is 88.4 Å². The van der Waals surface area contributed by atoms with Gasteiger partial charge in [-0.25, -0.2) is 8.42 Å². The molecule has 2 aromatic carbocycles. The molecule has 3 rings (SSSR count). The number of aryl methyl sites for hydroxylation is 3. The lowest BCUT2D eigenvalue weighted by Gasteiger charge is -2.13. The van der Waals surface area contributed by atoms with Crippen molar-refractivity contribution in [3.63, 3.8) is 0 Å². The van der Waals surface area contributed by atoms with E-state index in [-0.39, 0.29) is 10.8 Å². The van der Waals surface area contributed by atoms with E-state index >= 15 is 0 Å². The summed E-state index contributed by atoms with van der Waals surface area (Å²) in [7, 11) is -3.83. The maximum Gasteiger partial charge on any atom is 0.262 e. The van der Waals surface area contributed by atoms with Gasteiger partial charge in [0.05, 0.1) is 16.9 Å². The highest BCUT2D eigenvalue weighted by atomic mass is 32.2. The van der Waals surface area contributed by atoms with Gasteiger partial charge in [-0.15, -0.1) is 0 Å². The van der Waals surface area contributed by atoms with Crippen LogP contribution in [0.15, 0.2) is 64.1 Å². The van der Waals surface area contributed by atoms with E-state index in [4.69, 9.17) is 4.42 Å². The molecular weight excluding hydrogens is 432 g/mol. The number of thioether (sulfide) groups is 1. The first-order valence-electron chi connectivity index (χ1n) is 9.85. The van der Waals surface area contributed by atoms with Crippen molar-refractivity contribution in [1.29, 1.82) is 0 Å². The Balaban J connectivity index is 1.64. The molecule has 0 aliphatic heterocycles. The summed E-state index contributed by atoms with van der Waals surface area (Å²) in [5, 5.41) is 2.83. The van der Waals surface area contributed by atoms with Crippen LogP contribution in [0.2, 0.25) is 0 Å². The predicted octanol–water partition coefficient (Wildman–Crippen LogP) is 4.67. The number of benzene rings is 2. The molecule has 0 unspecified atom stereocenters. The van der Waals surface area contributed by atoms with Crippen LogP contribution in [0.4, 0.5) is 5.69 Å². The predicted molar refractivity (Wildman–Crippen MR) is 125 cm³/mol. The summed E-state index contributed by atoms with van der Waals surface area (Å²) in [5.74, 6) is 2.04. The molecule has 3 aromatic rings. The first-order valence-corrected chi connectivity index (χ1v) is 12.5. The molecule has 0 fully saturated rings. The normalized spacial score (nSPS) is 11.3. The smallest absolute Gasteiger partial charge is 0.262 e. The maximum atomic E-state index is 13.0. The second-order valence-corrected chi connectivity index (χ2v) is 10.0. The van der Waals surface area contributed by atoms with Gasteiger partial charge in [0.1, 0.15) is 5.76 Å². The molecule has 31 heavy (non-hydrogen) atoms. The molecule has 0 aliphatic carbocycles. The Morgan fingerprint density at radius 2 is 1.77 bits per heavy atom. The molecule has 164 valence electrons. The lowest BCUT2D eigenvalue weighted by molar-refractivity contribution is 0.0956. The summed E-state index contributed by atoms with van der Waals surface area (Å²) in [5.41, 5.74) is 3.45. The fourth-order valence-electron chi connectivity index (χ4n) is 2.95. The van der Waals surface area contributed by atoms with Gasteiger partial charge in [-0.3, -0.25) is 9.52 Å². The van der Waals surface area contributed by atoms with Crippen LogP contribution in [0, 0.1) is 20.8 Å². The molecule has 0 atom stereocenters. The summed E-state index contributed by atoms with van der Waals surface area (Å²) >= 11 is 1.65. The Bertz CT molecular complexity index is 1160. The number of amides is 1. The second kappa shape index (κ2) is 10.1. The number of carbonyl (C=O) groups is 1. The average molecular weight is 459 g/mol. The van der Waals surface area contributed by atoms with Crippen LogP contribution < -0.4 is 10.0 Å². The van der Waals surface area contributed by atoms with Crippen molar-refractivity contribution < 1.29 is 17.6 Å². The summed E-state index contributed by atoms with van der Waals surface area (Å²) in [6.45, 7) is 6.08. The Morgan fingerprint density at radius 1 is 1.00 bits per heavy atom. The molecule has 0 saturated carbocycles. The average Bonchev–Trinajstić information content (AvgIpc) is 3.24. The van der Waals surface area contributed by atoms with E-state index in [2.05, 4.69) is 10.0 Å². The zero-order chi connectivity index (χ0) is 22.4. The molecule has 0 radical (unpaired) electrons. The molecule has 0 saturated heterocycles. The summed E-state index contributed by atoms with van der Waals surface area (Å²) < 4.78 is 33.8. The lowest BCUT2D eigenvalue weighted by atomic mass is 10.1. The van der Waals surface area contributed by atoms with E-state index in [0.717, 1.165) is 28.4 Å². The fraction of sp³-hybridized carbons (Fsp3) is 0.261. The molecule has 1 aromatic heterocycles. The van der Waals surface area contributed by atoms with Crippen molar-refractivity contribution in [2.45, 2.75) is 31.4 Å². The first-order chi connectivity index (χ1) is 14.8. The second-order valence-electron chi connectivity index (χ2n) is 7.27. The number of nitrogens with one attached hydrogen (secondary N) is 2. The monoisotopic (exact) mass is 458 g/mol. The van der Waals surface area contributed by atoms with Crippen molar-refractivity contribution in [1.82, 2.24) is 5.32 Å². The molecule has 1 heterocycles. The Hall–Kier alpha value is -2.71. The third-order valence-corrected chi connectivity index (χ3v) is 7.36. The van der Waals surface area contributed by atoms with Crippen LogP contribution in [-0.4, -0.2) is 26.6 Å². The van der Waals surface area contributed by atoms with Crippen molar-refractivity contribution in [3.8, 4) is 0 Å². The van der Waals surface area contributed by atoms with E-state index in [0.29, 0.717) is 23.4 Å². The minimum atomic E-state index is -3.83. The largest absolute Gasteiger partial charge is 0.468 e. The number of carbonyl (C=O) groups excluding carboxylic acids is 1. The van der Waals surface area contributed by atoms with E-state index in [1.54, 1.807) is 49.2 Å². The highest BCUT2D eigenvalue weighted by Gasteiger charge is 2.19. The first kappa shape index (κ1) is 23.0. The highest BCUT2D eigenvalue weighted by Crippen LogP contribution is 2.22. The zero-order valence-electron chi connectivity index (χ0n) is 17.8. The number of hydrogen-bond donors (Lipinski definition) is 2. The van der Waals surface area contributed by atoms with Crippen molar-refractivity contribution in [2.75, 3.05) is 17.0 Å². The Kier molecular flexibility index (Phi) is 7.46. The summed E-state index contributed by atoms with van der Waals surface area (Å²) in [6, 6.07) is 13.8.